The molecule has 1 unspecified atom stereocenters. The van der Waals surface area contributed by atoms with Crippen molar-refractivity contribution in [1.82, 2.24) is 0 Å². The van der Waals surface area contributed by atoms with E-state index in [9.17, 15) is 17.6 Å². The zero-order valence-corrected chi connectivity index (χ0v) is 9.84. The lowest BCUT2D eigenvalue weighted by molar-refractivity contribution is -0.128. The predicted molar refractivity (Wildman–Crippen MR) is 53.9 cm³/mol. The number of aryl methyl sites for hydroxylation is 1. The second kappa shape index (κ2) is 4.29. The molecule has 0 saturated carbocycles. The van der Waals surface area contributed by atoms with Crippen LogP contribution in [0.5, 0.6) is 0 Å². The minimum atomic E-state index is -4.45. The van der Waals surface area contributed by atoms with E-state index in [-0.39, 0.29) is 16.1 Å². The lowest BCUT2D eigenvalue weighted by atomic mass is 10.1. The zero-order valence-electron chi connectivity index (χ0n) is 7.50. The summed E-state index contributed by atoms with van der Waals surface area (Å²) in [5.74, 6) is -0.620. The molecule has 0 spiro atoms. The van der Waals surface area contributed by atoms with Crippen molar-refractivity contribution in [3.63, 3.8) is 0 Å². The predicted octanol–water partition coefficient (Wildman–Crippen LogP) is 4.79. The van der Waals surface area contributed by atoms with Gasteiger partial charge in [-0.2, -0.15) is 13.2 Å². The Balaban J connectivity index is 3.21. The van der Waals surface area contributed by atoms with Crippen molar-refractivity contribution in [3.05, 3.63) is 34.1 Å². The minimum Gasteiger partial charge on any atom is -0.207 e. The van der Waals surface area contributed by atoms with Crippen LogP contribution >= 0.6 is 27.5 Å². The van der Waals surface area contributed by atoms with Crippen molar-refractivity contribution in [3.8, 4) is 0 Å². The second-order valence-electron chi connectivity index (χ2n) is 3.03. The Morgan fingerprint density at radius 1 is 1.33 bits per heavy atom. The van der Waals surface area contributed by atoms with Gasteiger partial charge in [0.25, 0.3) is 0 Å². The largest absolute Gasteiger partial charge is 0.405 e. The van der Waals surface area contributed by atoms with E-state index in [0.29, 0.717) is 0 Å². The van der Waals surface area contributed by atoms with Crippen LogP contribution < -0.4 is 0 Å². The summed E-state index contributed by atoms with van der Waals surface area (Å²) in [5.41, 5.74) is -0.0498. The van der Waals surface area contributed by atoms with Gasteiger partial charge >= 0.3 is 6.18 Å². The fourth-order valence-electron chi connectivity index (χ4n) is 1.05. The molecule has 0 heterocycles. The van der Waals surface area contributed by atoms with E-state index in [0.717, 1.165) is 12.1 Å². The normalized spacial score (nSPS) is 14.1. The van der Waals surface area contributed by atoms with E-state index in [1.54, 1.807) is 0 Å². The lowest BCUT2D eigenvalue weighted by Crippen LogP contribution is -2.15. The van der Waals surface area contributed by atoms with Gasteiger partial charge in [0, 0.05) is 5.02 Å². The van der Waals surface area contributed by atoms with E-state index >= 15 is 0 Å². The Bertz CT molecular complexity index is 375. The van der Waals surface area contributed by atoms with Crippen LogP contribution in [0.3, 0.4) is 0 Å². The highest BCUT2D eigenvalue weighted by Gasteiger charge is 2.40. The molecule has 1 aromatic rings. The van der Waals surface area contributed by atoms with Crippen molar-refractivity contribution in [2.24, 2.45) is 0 Å². The molecule has 1 atom stereocenters. The van der Waals surface area contributed by atoms with Gasteiger partial charge in [0.05, 0.1) is 0 Å². The first kappa shape index (κ1) is 12.8. The van der Waals surface area contributed by atoms with Crippen LogP contribution in [0.25, 0.3) is 0 Å². The minimum absolute atomic E-state index is 0.128. The number of alkyl halides is 4. The molecule has 0 saturated heterocycles. The monoisotopic (exact) mass is 304 g/mol. The van der Waals surface area contributed by atoms with Crippen LogP contribution in [0.2, 0.25) is 5.02 Å². The SMILES string of the molecule is Cc1cc(C(Br)C(F)(F)F)c(Cl)cc1F. The molecule has 0 nitrogen and oxygen atoms in total. The summed E-state index contributed by atoms with van der Waals surface area (Å²) in [5, 5.41) is -0.239. The van der Waals surface area contributed by atoms with E-state index in [1.165, 1.54) is 6.92 Å². The standard InChI is InChI=1S/C9H6BrClF4/c1-4-2-5(6(11)3-7(4)12)8(10)9(13,14)15/h2-3,8H,1H3. The Morgan fingerprint density at radius 3 is 2.33 bits per heavy atom. The molecule has 6 heteroatoms. The molecule has 0 radical (unpaired) electrons. The molecule has 1 aromatic carbocycles. The molecular formula is C9H6BrClF4. The first-order chi connectivity index (χ1) is 6.73. The van der Waals surface area contributed by atoms with E-state index in [1.807, 2.05) is 0 Å². The van der Waals surface area contributed by atoms with Crippen LogP contribution in [0.15, 0.2) is 12.1 Å². The van der Waals surface area contributed by atoms with Crippen LogP contribution in [0, 0.1) is 12.7 Å². The van der Waals surface area contributed by atoms with Gasteiger partial charge < -0.3 is 0 Å². The van der Waals surface area contributed by atoms with E-state index in [4.69, 9.17) is 11.6 Å². The van der Waals surface area contributed by atoms with Crippen molar-refractivity contribution in [2.45, 2.75) is 17.9 Å². The summed E-state index contributed by atoms with van der Waals surface area (Å²) >= 11 is 8.02. The molecule has 84 valence electrons. The van der Waals surface area contributed by atoms with Gasteiger partial charge in [-0.1, -0.05) is 33.6 Å². The van der Waals surface area contributed by atoms with Crippen molar-refractivity contribution >= 4 is 27.5 Å². The lowest BCUT2D eigenvalue weighted by Gasteiger charge is -2.16. The zero-order chi connectivity index (χ0) is 11.8. The van der Waals surface area contributed by atoms with E-state index in [2.05, 4.69) is 15.9 Å². The summed E-state index contributed by atoms with van der Waals surface area (Å²) in [6, 6.07) is 1.97. The van der Waals surface area contributed by atoms with Crippen molar-refractivity contribution in [2.75, 3.05) is 0 Å². The Hall–Kier alpha value is -0.290. The van der Waals surface area contributed by atoms with Gasteiger partial charge in [-0.05, 0) is 24.1 Å². The fraction of sp³-hybridized carbons (Fsp3) is 0.333. The Labute approximate surface area is 97.4 Å². The third kappa shape index (κ3) is 2.84. The number of hydrogen-bond acceptors (Lipinski definition) is 0. The topological polar surface area (TPSA) is 0 Å². The number of halogens is 6. The molecule has 0 aromatic heterocycles. The summed E-state index contributed by atoms with van der Waals surface area (Å²) in [4.78, 5) is -1.88. The quantitative estimate of drug-likeness (QED) is 0.517. The highest BCUT2D eigenvalue weighted by molar-refractivity contribution is 9.09. The van der Waals surface area contributed by atoms with Gasteiger partial charge in [-0.15, -0.1) is 0 Å². The highest BCUT2D eigenvalue weighted by atomic mass is 79.9. The van der Waals surface area contributed by atoms with Crippen LogP contribution in [0.1, 0.15) is 16.0 Å². The molecule has 0 aliphatic rings. The molecule has 0 fully saturated rings. The smallest absolute Gasteiger partial charge is 0.207 e. The molecular weight excluding hydrogens is 299 g/mol. The molecule has 0 N–H and O–H groups in total. The van der Waals surface area contributed by atoms with Gasteiger partial charge in [0.1, 0.15) is 10.6 Å². The average Bonchev–Trinajstić information content (AvgIpc) is 2.08. The maximum Gasteiger partial charge on any atom is 0.405 e. The van der Waals surface area contributed by atoms with Crippen molar-refractivity contribution < 1.29 is 17.6 Å². The molecule has 0 bridgehead atoms. The van der Waals surface area contributed by atoms with Gasteiger partial charge in [0.15, 0.2) is 0 Å². The van der Waals surface area contributed by atoms with Crippen molar-refractivity contribution in [1.29, 1.82) is 0 Å². The molecule has 0 aliphatic heterocycles. The summed E-state index contributed by atoms with van der Waals surface area (Å²) in [7, 11) is 0. The summed E-state index contributed by atoms with van der Waals surface area (Å²) in [6.45, 7) is 1.38. The molecule has 0 aliphatic carbocycles. The third-order valence-electron chi connectivity index (χ3n) is 1.84. The maximum absolute atomic E-state index is 12.9. The first-order valence-corrected chi connectivity index (χ1v) is 5.19. The van der Waals surface area contributed by atoms with Crippen LogP contribution in [-0.4, -0.2) is 6.18 Å². The third-order valence-corrected chi connectivity index (χ3v) is 3.18. The van der Waals surface area contributed by atoms with Crippen LogP contribution in [0.4, 0.5) is 17.6 Å². The maximum atomic E-state index is 12.9. The number of rotatable bonds is 1. The van der Waals surface area contributed by atoms with Gasteiger partial charge in [0.2, 0.25) is 0 Å². The highest BCUT2D eigenvalue weighted by Crippen LogP contribution is 2.42. The van der Waals surface area contributed by atoms with Gasteiger partial charge in [-0.3, -0.25) is 0 Å². The van der Waals surface area contributed by atoms with Gasteiger partial charge in [-0.25, -0.2) is 4.39 Å². The number of benzene rings is 1. The Kier molecular flexibility index (Phi) is 3.66. The summed E-state index contributed by atoms with van der Waals surface area (Å²) in [6.07, 6.45) is -4.45. The molecule has 1 rings (SSSR count). The van der Waals surface area contributed by atoms with Crippen LogP contribution in [-0.2, 0) is 0 Å². The first-order valence-electron chi connectivity index (χ1n) is 3.90. The fourth-order valence-corrected chi connectivity index (χ4v) is 1.82. The number of hydrogen-bond donors (Lipinski definition) is 0. The second-order valence-corrected chi connectivity index (χ2v) is 4.35. The molecule has 0 amide bonds. The summed E-state index contributed by atoms with van der Waals surface area (Å²) < 4.78 is 50.0. The average molecular weight is 305 g/mol. The molecule has 15 heavy (non-hydrogen) atoms. The Morgan fingerprint density at radius 2 is 1.87 bits per heavy atom. The van der Waals surface area contributed by atoms with E-state index < -0.39 is 16.8 Å².